The maximum Gasteiger partial charge on any atom is 0.00390 e. The van der Waals surface area contributed by atoms with Gasteiger partial charge in [0, 0.05) is 12.6 Å². The van der Waals surface area contributed by atoms with Gasteiger partial charge in [0.05, 0.1) is 0 Å². The predicted molar refractivity (Wildman–Crippen MR) is 76.4 cm³/mol. The van der Waals surface area contributed by atoms with E-state index < -0.39 is 0 Å². The Bertz CT molecular complexity index is 207. The molecular weight excluding hydrogens is 208 g/mol. The van der Waals surface area contributed by atoms with Crippen LogP contribution in [-0.4, -0.2) is 37.6 Å². The molecule has 1 aliphatic rings. The van der Waals surface area contributed by atoms with Crippen LogP contribution in [0.2, 0.25) is 0 Å². The van der Waals surface area contributed by atoms with Crippen LogP contribution in [-0.2, 0) is 0 Å². The highest BCUT2D eigenvalue weighted by Gasteiger charge is 2.18. The van der Waals surface area contributed by atoms with E-state index >= 15 is 0 Å². The number of piperidine rings is 1. The van der Waals surface area contributed by atoms with Gasteiger partial charge in [0.1, 0.15) is 0 Å². The molecule has 1 N–H and O–H groups in total. The lowest BCUT2D eigenvalue weighted by Crippen LogP contribution is -2.39. The predicted octanol–water partition coefficient (Wildman–Crippen LogP) is 3.13. The Morgan fingerprint density at radius 1 is 1.35 bits per heavy atom. The smallest absolute Gasteiger partial charge is 0.00390 e. The van der Waals surface area contributed by atoms with E-state index in [0.717, 1.165) is 5.92 Å². The number of nitrogens with zero attached hydrogens (tertiary/aromatic N) is 1. The highest BCUT2D eigenvalue weighted by atomic mass is 15.1. The van der Waals surface area contributed by atoms with E-state index in [2.05, 4.69) is 45.0 Å². The van der Waals surface area contributed by atoms with Crippen molar-refractivity contribution in [2.24, 2.45) is 11.3 Å². The summed E-state index contributed by atoms with van der Waals surface area (Å²) in [7, 11) is 2.25. The van der Waals surface area contributed by atoms with Crippen molar-refractivity contribution in [3.8, 4) is 0 Å². The van der Waals surface area contributed by atoms with Crippen molar-refractivity contribution in [3.05, 3.63) is 0 Å². The van der Waals surface area contributed by atoms with E-state index in [-0.39, 0.29) is 0 Å². The Hall–Kier alpha value is -0.0800. The van der Waals surface area contributed by atoms with Crippen LogP contribution in [0.15, 0.2) is 0 Å². The summed E-state index contributed by atoms with van der Waals surface area (Å²) >= 11 is 0. The summed E-state index contributed by atoms with van der Waals surface area (Å²) in [5, 5.41) is 3.72. The van der Waals surface area contributed by atoms with E-state index in [9.17, 15) is 0 Å². The summed E-state index contributed by atoms with van der Waals surface area (Å²) in [6.07, 6.45) is 5.39. The van der Waals surface area contributed by atoms with Gasteiger partial charge in [0.2, 0.25) is 0 Å². The normalized spacial score (nSPS) is 24.9. The molecule has 1 aliphatic heterocycles. The maximum absolute atomic E-state index is 3.72. The average molecular weight is 240 g/mol. The van der Waals surface area contributed by atoms with Crippen LogP contribution in [0.4, 0.5) is 0 Å². The number of hydrogen-bond donors (Lipinski definition) is 1. The van der Waals surface area contributed by atoms with Crippen molar-refractivity contribution >= 4 is 0 Å². The molecule has 0 aromatic heterocycles. The summed E-state index contributed by atoms with van der Waals surface area (Å²) in [5.74, 6) is 0.867. The van der Waals surface area contributed by atoms with Crippen LogP contribution in [0.1, 0.15) is 53.4 Å². The second kappa shape index (κ2) is 6.75. The van der Waals surface area contributed by atoms with Crippen LogP contribution in [0.25, 0.3) is 0 Å². The van der Waals surface area contributed by atoms with E-state index in [1.54, 1.807) is 0 Å². The first kappa shape index (κ1) is 15.0. The molecule has 0 spiro atoms. The van der Waals surface area contributed by atoms with Gasteiger partial charge in [-0.25, -0.2) is 0 Å². The average Bonchev–Trinajstić information content (AvgIpc) is 2.23. The molecule has 2 heteroatoms. The van der Waals surface area contributed by atoms with Crippen molar-refractivity contribution in [1.82, 2.24) is 10.2 Å². The topological polar surface area (TPSA) is 15.3 Å². The summed E-state index contributed by atoms with van der Waals surface area (Å²) in [4.78, 5) is 2.47. The van der Waals surface area contributed by atoms with E-state index in [4.69, 9.17) is 0 Å². The van der Waals surface area contributed by atoms with Crippen molar-refractivity contribution in [2.75, 3.05) is 26.7 Å². The van der Waals surface area contributed by atoms with Gasteiger partial charge >= 0.3 is 0 Å². The molecule has 17 heavy (non-hydrogen) atoms. The standard InChI is InChI=1S/C15H32N2/c1-13(8-9-15(2,3)4)16-11-14-7-6-10-17(5)12-14/h13-14,16H,6-12H2,1-5H3. The molecule has 102 valence electrons. The van der Waals surface area contributed by atoms with E-state index in [1.807, 2.05) is 0 Å². The van der Waals surface area contributed by atoms with Crippen molar-refractivity contribution < 1.29 is 0 Å². The summed E-state index contributed by atoms with van der Waals surface area (Å²) in [6, 6.07) is 0.668. The third kappa shape index (κ3) is 7.05. The lowest BCUT2D eigenvalue weighted by atomic mass is 9.89. The fraction of sp³-hybridized carbons (Fsp3) is 1.00. The monoisotopic (exact) mass is 240 g/mol. The number of rotatable bonds is 5. The molecule has 1 saturated heterocycles. The maximum atomic E-state index is 3.72. The van der Waals surface area contributed by atoms with Crippen LogP contribution in [0.5, 0.6) is 0 Å². The molecule has 0 bridgehead atoms. The van der Waals surface area contributed by atoms with Gasteiger partial charge in [-0.05, 0) is 64.1 Å². The zero-order valence-corrected chi connectivity index (χ0v) is 12.6. The lowest BCUT2D eigenvalue weighted by Gasteiger charge is -2.31. The van der Waals surface area contributed by atoms with Gasteiger partial charge in [0.25, 0.3) is 0 Å². The number of likely N-dealkylation sites (tertiary alicyclic amines) is 1. The van der Waals surface area contributed by atoms with E-state index in [0.29, 0.717) is 11.5 Å². The van der Waals surface area contributed by atoms with Crippen LogP contribution < -0.4 is 5.32 Å². The second-order valence-electron chi connectivity index (χ2n) is 7.18. The molecule has 0 aromatic rings. The molecule has 0 aromatic carbocycles. The highest BCUT2D eigenvalue weighted by molar-refractivity contribution is 4.75. The molecule has 1 fully saturated rings. The van der Waals surface area contributed by atoms with Crippen LogP contribution in [0.3, 0.4) is 0 Å². The lowest BCUT2D eigenvalue weighted by molar-refractivity contribution is 0.201. The van der Waals surface area contributed by atoms with Crippen molar-refractivity contribution in [1.29, 1.82) is 0 Å². The highest BCUT2D eigenvalue weighted by Crippen LogP contribution is 2.21. The minimum atomic E-state index is 0.473. The molecule has 2 unspecified atom stereocenters. The Morgan fingerprint density at radius 2 is 2.06 bits per heavy atom. The van der Waals surface area contributed by atoms with Crippen molar-refractivity contribution in [2.45, 2.75) is 59.4 Å². The molecule has 1 heterocycles. The van der Waals surface area contributed by atoms with Crippen molar-refractivity contribution in [3.63, 3.8) is 0 Å². The largest absolute Gasteiger partial charge is 0.314 e. The van der Waals surface area contributed by atoms with Gasteiger partial charge in [0.15, 0.2) is 0 Å². The summed E-state index contributed by atoms with van der Waals surface area (Å²) in [6.45, 7) is 13.1. The zero-order valence-electron chi connectivity index (χ0n) is 12.6. The Kier molecular flexibility index (Phi) is 5.94. The SMILES string of the molecule is CC(CCC(C)(C)C)NCC1CCCN(C)C1. The summed E-state index contributed by atoms with van der Waals surface area (Å²) in [5.41, 5.74) is 0.473. The minimum absolute atomic E-state index is 0.473. The number of hydrogen-bond acceptors (Lipinski definition) is 2. The summed E-state index contributed by atoms with van der Waals surface area (Å²) < 4.78 is 0. The first-order valence-electron chi connectivity index (χ1n) is 7.29. The third-order valence-corrected chi connectivity index (χ3v) is 3.80. The second-order valence-corrected chi connectivity index (χ2v) is 7.18. The molecule has 0 saturated carbocycles. The molecule has 0 radical (unpaired) electrons. The quantitative estimate of drug-likeness (QED) is 0.794. The first-order valence-corrected chi connectivity index (χ1v) is 7.29. The van der Waals surface area contributed by atoms with Crippen LogP contribution in [0, 0.1) is 11.3 Å². The first-order chi connectivity index (χ1) is 7.87. The molecule has 2 atom stereocenters. The van der Waals surface area contributed by atoms with E-state index in [1.165, 1.54) is 45.3 Å². The van der Waals surface area contributed by atoms with Gasteiger partial charge in [-0.3, -0.25) is 0 Å². The van der Waals surface area contributed by atoms with Gasteiger partial charge < -0.3 is 10.2 Å². The molecule has 0 aliphatic carbocycles. The molecular formula is C15H32N2. The fourth-order valence-corrected chi connectivity index (χ4v) is 2.56. The molecule has 1 rings (SSSR count). The van der Waals surface area contributed by atoms with Gasteiger partial charge in [-0.1, -0.05) is 20.8 Å². The van der Waals surface area contributed by atoms with Crippen LogP contribution >= 0.6 is 0 Å². The molecule has 2 nitrogen and oxygen atoms in total. The third-order valence-electron chi connectivity index (χ3n) is 3.80. The Labute approximate surface area is 108 Å². The Balaban J connectivity index is 2.12. The number of nitrogens with one attached hydrogen (secondary N) is 1. The Morgan fingerprint density at radius 3 is 2.65 bits per heavy atom. The molecule has 0 amide bonds. The fourth-order valence-electron chi connectivity index (χ4n) is 2.56. The zero-order chi connectivity index (χ0) is 12.9. The minimum Gasteiger partial charge on any atom is -0.314 e. The van der Waals surface area contributed by atoms with Gasteiger partial charge in [-0.2, -0.15) is 0 Å². The van der Waals surface area contributed by atoms with Gasteiger partial charge in [-0.15, -0.1) is 0 Å².